The molecule has 0 saturated heterocycles. The van der Waals surface area contributed by atoms with Gasteiger partial charge in [0, 0.05) is 19.7 Å². The van der Waals surface area contributed by atoms with Gasteiger partial charge in [0.25, 0.3) is 5.56 Å². The minimum absolute atomic E-state index is 0.0833. The fourth-order valence-corrected chi connectivity index (χ4v) is 2.18. The first-order valence-electron chi connectivity index (χ1n) is 7.17. The molecular formula is C14H24BrN3O2. The van der Waals surface area contributed by atoms with Crippen LogP contribution in [0.2, 0.25) is 0 Å². The number of rotatable bonds is 9. The number of nitrogens with zero attached hydrogens (tertiary/aromatic N) is 2. The number of aryl methyl sites for hydroxylation is 1. The van der Waals surface area contributed by atoms with Gasteiger partial charge in [0.15, 0.2) is 0 Å². The van der Waals surface area contributed by atoms with E-state index in [1.807, 2.05) is 20.8 Å². The summed E-state index contributed by atoms with van der Waals surface area (Å²) in [7, 11) is 0. The van der Waals surface area contributed by atoms with Gasteiger partial charge in [-0.15, -0.1) is 0 Å². The van der Waals surface area contributed by atoms with Crippen LogP contribution < -0.4 is 10.9 Å². The molecule has 5 nitrogen and oxygen atoms in total. The fraction of sp³-hybridized carbons (Fsp3) is 0.714. The smallest absolute Gasteiger partial charge is 0.283 e. The number of anilines is 1. The van der Waals surface area contributed by atoms with Gasteiger partial charge in [0.1, 0.15) is 4.47 Å². The molecule has 0 aliphatic heterocycles. The van der Waals surface area contributed by atoms with Crippen LogP contribution in [0.25, 0.3) is 0 Å². The molecule has 0 radical (unpaired) electrons. The molecule has 20 heavy (non-hydrogen) atoms. The molecule has 0 bridgehead atoms. The van der Waals surface area contributed by atoms with Crippen LogP contribution in [-0.2, 0) is 11.3 Å². The molecular weight excluding hydrogens is 322 g/mol. The van der Waals surface area contributed by atoms with Gasteiger partial charge in [-0.05, 0) is 49.0 Å². The highest BCUT2D eigenvalue weighted by atomic mass is 79.9. The Morgan fingerprint density at radius 1 is 1.45 bits per heavy atom. The van der Waals surface area contributed by atoms with Crippen LogP contribution in [-0.4, -0.2) is 29.0 Å². The molecule has 0 fully saturated rings. The maximum atomic E-state index is 12.0. The van der Waals surface area contributed by atoms with E-state index in [4.69, 9.17) is 4.74 Å². The molecule has 1 aromatic rings. The summed E-state index contributed by atoms with van der Waals surface area (Å²) in [4.78, 5) is 12.0. The molecule has 1 aromatic heterocycles. The van der Waals surface area contributed by atoms with Crippen molar-refractivity contribution in [3.63, 3.8) is 0 Å². The third-order valence-corrected chi connectivity index (χ3v) is 3.52. The van der Waals surface area contributed by atoms with E-state index in [0.29, 0.717) is 11.0 Å². The fourth-order valence-electron chi connectivity index (χ4n) is 1.73. The van der Waals surface area contributed by atoms with Gasteiger partial charge >= 0.3 is 0 Å². The Kier molecular flexibility index (Phi) is 7.84. The van der Waals surface area contributed by atoms with E-state index >= 15 is 0 Å². The van der Waals surface area contributed by atoms with Crippen LogP contribution in [0.1, 0.15) is 40.0 Å². The summed E-state index contributed by atoms with van der Waals surface area (Å²) in [5.41, 5.74) is 0.673. The minimum Gasteiger partial charge on any atom is -0.383 e. The van der Waals surface area contributed by atoms with Gasteiger partial charge in [0.05, 0.1) is 18.0 Å². The second kappa shape index (κ2) is 9.13. The molecule has 6 heteroatoms. The number of hydrogen-bond donors (Lipinski definition) is 1. The summed E-state index contributed by atoms with van der Waals surface area (Å²) >= 11 is 3.34. The topological polar surface area (TPSA) is 56.1 Å². The summed E-state index contributed by atoms with van der Waals surface area (Å²) in [5, 5.41) is 7.39. The van der Waals surface area contributed by atoms with E-state index in [9.17, 15) is 4.79 Å². The van der Waals surface area contributed by atoms with Gasteiger partial charge < -0.3 is 10.1 Å². The highest BCUT2D eigenvalue weighted by Crippen LogP contribution is 2.16. The Balaban J connectivity index is 2.41. The molecule has 0 saturated carbocycles. The number of hydrogen-bond acceptors (Lipinski definition) is 4. The van der Waals surface area contributed by atoms with E-state index in [2.05, 4.69) is 26.3 Å². The van der Waals surface area contributed by atoms with Crippen LogP contribution in [0.5, 0.6) is 0 Å². The summed E-state index contributed by atoms with van der Waals surface area (Å²) in [6.07, 6.45) is 4.88. The predicted octanol–water partition coefficient (Wildman–Crippen LogP) is 3.03. The van der Waals surface area contributed by atoms with Crippen molar-refractivity contribution in [1.82, 2.24) is 9.78 Å². The quantitative estimate of drug-likeness (QED) is 0.699. The maximum Gasteiger partial charge on any atom is 0.283 e. The first kappa shape index (κ1) is 17.2. The number of halogens is 1. The SMILES string of the molecule is CCCn1ncc(NCCCCOC(C)C)c(Br)c1=O. The highest BCUT2D eigenvalue weighted by molar-refractivity contribution is 9.10. The second-order valence-electron chi connectivity index (χ2n) is 4.95. The molecule has 1 heterocycles. The Hall–Kier alpha value is -0.880. The number of ether oxygens (including phenoxy) is 1. The van der Waals surface area contributed by atoms with E-state index in [1.54, 1.807) is 6.20 Å². The lowest BCUT2D eigenvalue weighted by molar-refractivity contribution is 0.0765. The summed E-state index contributed by atoms with van der Waals surface area (Å²) in [6, 6.07) is 0. The molecule has 1 rings (SSSR count). The molecule has 0 aliphatic rings. The van der Waals surface area contributed by atoms with Gasteiger partial charge in [-0.1, -0.05) is 6.92 Å². The summed E-state index contributed by atoms with van der Waals surface area (Å²) < 4.78 is 7.51. The van der Waals surface area contributed by atoms with Crippen molar-refractivity contribution < 1.29 is 4.74 Å². The summed E-state index contributed by atoms with van der Waals surface area (Å²) in [6.45, 7) is 8.31. The van der Waals surface area contributed by atoms with Gasteiger partial charge in [0.2, 0.25) is 0 Å². The van der Waals surface area contributed by atoms with Crippen molar-refractivity contribution in [2.45, 2.75) is 52.7 Å². The van der Waals surface area contributed by atoms with Crippen molar-refractivity contribution in [1.29, 1.82) is 0 Å². The molecule has 114 valence electrons. The van der Waals surface area contributed by atoms with Crippen molar-refractivity contribution in [2.24, 2.45) is 0 Å². The molecule has 0 spiro atoms. The molecule has 0 unspecified atom stereocenters. The number of nitrogens with one attached hydrogen (secondary N) is 1. The average molecular weight is 346 g/mol. The molecule has 0 aromatic carbocycles. The Bertz CT molecular complexity index is 460. The zero-order valence-corrected chi connectivity index (χ0v) is 14.1. The Labute approximate surface area is 128 Å². The highest BCUT2D eigenvalue weighted by Gasteiger charge is 2.07. The normalized spacial score (nSPS) is 11.1. The van der Waals surface area contributed by atoms with E-state index < -0.39 is 0 Å². The van der Waals surface area contributed by atoms with Crippen LogP contribution in [0.4, 0.5) is 5.69 Å². The van der Waals surface area contributed by atoms with E-state index in [0.717, 1.165) is 38.1 Å². The van der Waals surface area contributed by atoms with Crippen molar-refractivity contribution in [3.05, 3.63) is 21.0 Å². The minimum atomic E-state index is -0.0833. The molecule has 0 aliphatic carbocycles. The lowest BCUT2D eigenvalue weighted by atomic mass is 10.3. The third-order valence-electron chi connectivity index (χ3n) is 2.76. The maximum absolute atomic E-state index is 12.0. The molecule has 0 atom stereocenters. The lowest BCUT2D eigenvalue weighted by Crippen LogP contribution is -2.24. The number of unbranched alkanes of at least 4 members (excludes halogenated alkanes) is 1. The van der Waals surface area contributed by atoms with Crippen LogP contribution >= 0.6 is 15.9 Å². The molecule has 0 amide bonds. The van der Waals surface area contributed by atoms with E-state index in [-0.39, 0.29) is 11.7 Å². The largest absolute Gasteiger partial charge is 0.383 e. The van der Waals surface area contributed by atoms with Crippen LogP contribution in [0.15, 0.2) is 15.5 Å². The average Bonchev–Trinajstić information content (AvgIpc) is 2.41. The van der Waals surface area contributed by atoms with Gasteiger partial charge in [-0.25, -0.2) is 4.68 Å². The van der Waals surface area contributed by atoms with Crippen LogP contribution in [0.3, 0.4) is 0 Å². The number of aromatic nitrogens is 2. The van der Waals surface area contributed by atoms with Crippen LogP contribution in [0, 0.1) is 0 Å². The second-order valence-corrected chi connectivity index (χ2v) is 5.75. The van der Waals surface area contributed by atoms with Gasteiger partial charge in [-0.2, -0.15) is 5.10 Å². The monoisotopic (exact) mass is 345 g/mol. The third kappa shape index (κ3) is 5.63. The zero-order valence-electron chi connectivity index (χ0n) is 12.5. The van der Waals surface area contributed by atoms with Crippen molar-refractivity contribution in [2.75, 3.05) is 18.5 Å². The van der Waals surface area contributed by atoms with Gasteiger partial charge in [-0.3, -0.25) is 4.79 Å². The van der Waals surface area contributed by atoms with Crippen molar-refractivity contribution in [3.8, 4) is 0 Å². The zero-order chi connectivity index (χ0) is 15.0. The Morgan fingerprint density at radius 2 is 2.20 bits per heavy atom. The standard InChI is InChI=1S/C14H24BrN3O2/c1-4-8-18-14(19)13(15)12(10-17-18)16-7-5-6-9-20-11(2)3/h10-11,16H,4-9H2,1-3H3. The Morgan fingerprint density at radius 3 is 2.85 bits per heavy atom. The van der Waals surface area contributed by atoms with E-state index in [1.165, 1.54) is 4.68 Å². The first-order chi connectivity index (χ1) is 9.56. The van der Waals surface area contributed by atoms with Crippen molar-refractivity contribution >= 4 is 21.6 Å². The predicted molar refractivity (Wildman–Crippen MR) is 85.3 cm³/mol. The first-order valence-corrected chi connectivity index (χ1v) is 7.96. The lowest BCUT2D eigenvalue weighted by Gasteiger charge is -2.10. The summed E-state index contributed by atoms with van der Waals surface area (Å²) in [5.74, 6) is 0. The molecule has 1 N–H and O–H groups in total.